The molecule has 2 rings (SSSR count). The lowest BCUT2D eigenvalue weighted by atomic mass is 9.69. The normalized spacial score (nSPS) is 23.6. The lowest BCUT2D eigenvalue weighted by Gasteiger charge is -2.41. The molecule has 126 valence electrons. The SMILES string of the molecule is CC(C)(C)[C@H]1CCCC[C@@H]1NCc1csc(CS(C)(=O)=O)n1. The van der Waals surface area contributed by atoms with E-state index in [1.54, 1.807) is 0 Å². The standard InChI is InChI=1S/C16H28N2O2S2/c1-16(2,3)13-7-5-6-8-14(13)17-9-12-10-21-15(18-12)11-22(4,19)20/h10,13-14,17H,5-9,11H2,1-4H3/t13-,14-/m0/s1. The molecule has 0 unspecified atom stereocenters. The Morgan fingerprint density at radius 3 is 2.64 bits per heavy atom. The first-order chi connectivity index (χ1) is 10.1. The predicted octanol–water partition coefficient (Wildman–Crippen LogP) is 3.38. The van der Waals surface area contributed by atoms with Gasteiger partial charge >= 0.3 is 0 Å². The maximum Gasteiger partial charge on any atom is 0.153 e. The van der Waals surface area contributed by atoms with Crippen LogP contribution in [0.25, 0.3) is 0 Å². The summed E-state index contributed by atoms with van der Waals surface area (Å²) in [5.74, 6) is 0.737. The number of rotatable bonds is 5. The Morgan fingerprint density at radius 1 is 1.32 bits per heavy atom. The molecule has 0 aromatic carbocycles. The van der Waals surface area contributed by atoms with E-state index in [0.717, 1.165) is 12.2 Å². The van der Waals surface area contributed by atoms with E-state index in [2.05, 4.69) is 31.1 Å². The zero-order valence-corrected chi connectivity index (χ0v) is 15.7. The average molecular weight is 345 g/mol. The molecule has 6 heteroatoms. The topological polar surface area (TPSA) is 59.1 Å². The summed E-state index contributed by atoms with van der Waals surface area (Å²) in [7, 11) is -3.00. The van der Waals surface area contributed by atoms with Crippen LogP contribution in [-0.4, -0.2) is 25.7 Å². The largest absolute Gasteiger partial charge is 0.308 e. The van der Waals surface area contributed by atoms with Gasteiger partial charge in [0.2, 0.25) is 0 Å². The molecule has 1 aliphatic rings. The van der Waals surface area contributed by atoms with Crippen LogP contribution in [0.5, 0.6) is 0 Å². The Labute approximate surface area is 138 Å². The second-order valence-electron chi connectivity index (χ2n) is 7.55. The molecule has 1 N–H and O–H groups in total. The third-order valence-corrected chi connectivity index (χ3v) is 6.29. The lowest BCUT2D eigenvalue weighted by molar-refractivity contribution is 0.130. The van der Waals surface area contributed by atoms with E-state index >= 15 is 0 Å². The van der Waals surface area contributed by atoms with Gasteiger partial charge in [0.25, 0.3) is 0 Å². The van der Waals surface area contributed by atoms with Crippen molar-refractivity contribution >= 4 is 21.2 Å². The number of nitrogens with zero attached hydrogens (tertiary/aromatic N) is 1. The van der Waals surface area contributed by atoms with Gasteiger partial charge in [-0.25, -0.2) is 13.4 Å². The van der Waals surface area contributed by atoms with Crippen molar-refractivity contribution in [3.05, 3.63) is 16.1 Å². The van der Waals surface area contributed by atoms with Gasteiger partial charge in [-0.05, 0) is 24.2 Å². The zero-order chi connectivity index (χ0) is 16.4. The number of nitrogens with one attached hydrogen (secondary N) is 1. The first kappa shape index (κ1) is 17.9. The van der Waals surface area contributed by atoms with Gasteiger partial charge in [-0.2, -0.15) is 0 Å². The van der Waals surface area contributed by atoms with Crippen LogP contribution in [0.3, 0.4) is 0 Å². The van der Waals surface area contributed by atoms with Crippen molar-refractivity contribution in [1.82, 2.24) is 10.3 Å². The van der Waals surface area contributed by atoms with Crippen LogP contribution < -0.4 is 5.32 Å². The van der Waals surface area contributed by atoms with Crippen molar-refractivity contribution in [2.45, 2.75) is 64.8 Å². The first-order valence-electron chi connectivity index (χ1n) is 7.99. The second-order valence-corrected chi connectivity index (χ2v) is 10.6. The summed E-state index contributed by atoms with van der Waals surface area (Å²) in [5.41, 5.74) is 1.28. The predicted molar refractivity (Wildman–Crippen MR) is 92.7 cm³/mol. The minimum atomic E-state index is -3.00. The third kappa shape index (κ3) is 5.32. The molecule has 1 aliphatic carbocycles. The summed E-state index contributed by atoms with van der Waals surface area (Å²) in [6.07, 6.45) is 6.39. The van der Waals surface area contributed by atoms with Crippen molar-refractivity contribution in [2.75, 3.05) is 6.26 Å². The smallest absolute Gasteiger partial charge is 0.153 e. The summed E-state index contributed by atoms with van der Waals surface area (Å²) < 4.78 is 22.6. The molecule has 1 saturated carbocycles. The van der Waals surface area contributed by atoms with Gasteiger partial charge in [-0.3, -0.25) is 0 Å². The van der Waals surface area contributed by atoms with Crippen molar-refractivity contribution in [3.8, 4) is 0 Å². The summed E-state index contributed by atoms with van der Waals surface area (Å²) in [6.45, 7) is 7.71. The third-order valence-electron chi connectivity index (χ3n) is 4.41. The van der Waals surface area contributed by atoms with E-state index in [1.165, 1.54) is 43.3 Å². The fraction of sp³-hybridized carbons (Fsp3) is 0.812. The molecule has 0 aliphatic heterocycles. The quantitative estimate of drug-likeness (QED) is 0.889. The number of hydrogen-bond donors (Lipinski definition) is 1. The summed E-state index contributed by atoms with van der Waals surface area (Å²) in [6, 6.07) is 0.536. The molecule has 1 aromatic heterocycles. The van der Waals surface area contributed by atoms with E-state index in [1.807, 2.05) is 5.38 Å². The minimum absolute atomic E-state index is 0.0473. The van der Waals surface area contributed by atoms with Crippen molar-refractivity contribution in [3.63, 3.8) is 0 Å². The Bertz CT molecular complexity index is 588. The number of aromatic nitrogens is 1. The second kappa shape index (κ2) is 6.97. The highest BCUT2D eigenvalue weighted by molar-refractivity contribution is 7.90. The summed E-state index contributed by atoms with van der Waals surface area (Å²) >= 11 is 1.44. The molecule has 0 spiro atoms. The molecular formula is C16H28N2O2S2. The Hall–Kier alpha value is -0.460. The number of hydrogen-bond acceptors (Lipinski definition) is 5. The monoisotopic (exact) mass is 344 g/mol. The van der Waals surface area contributed by atoms with E-state index in [0.29, 0.717) is 22.4 Å². The molecular weight excluding hydrogens is 316 g/mol. The highest BCUT2D eigenvalue weighted by Gasteiger charge is 2.33. The van der Waals surface area contributed by atoms with Gasteiger partial charge in [0, 0.05) is 24.2 Å². The van der Waals surface area contributed by atoms with Crippen LogP contribution in [0.2, 0.25) is 0 Å². The van der Waals surface area contributed by atoms with Gasteiger partial charge in [0.05, 0.1) is 5.69 Å². The summed E-state index contributed by atoms with van der Waals surface area (Å²) in [5, 5.41) is 6.33. The number of sulfone groups is 1. The van der Waals surface area contributed by atoms with Gasteiger partial charge in [0.15, 0.2) is 9.84 Å². The van der Waals surface area contributed by atoms with Gasteiger partial charge in [0.1, 0.15) is 10.8 Å². The van der Waals surface area contributed by atoms with Crippen molar-refractivity contribution in [1.29, 1.82) is 0 Å². The molecule has 22 heavy (non-hydrogen) atoms. The highest BCUT2D eigenvalue weighted by Crippen LogP contribution is 2.38. The van der Waals surface area contributed by atoms with E-state index < -0.39 is 9.84 Å². The van der Waals surface area contributed by atoms with Gasteiger partial charge < -0.3 is 5.32 Å². The van der Waals surface area contributed by atoms with Crippen LogP contribution in [0.4, 0.5) is 0 Å². The minimum Gasteiger partial charge on any atom is -0.308 e. The van der Waals surface area contributed by atoms with E-state index in [9.17, 15) is 8.42 Å². The molecule has 1 fully saturated rings. The zero-order valence-electron chi connectivity index (χ0n) is 14.1. The number of thiazole rings is 1. The van der Waals surface area contributed by atoms with Crippen LogP contribution in [0.1, 0.15) is 57.2 Å². The molecule has 0 bridgehead atoms. The van der Waals surface area contributed by atoms with E-state index in [-0.39, 0.29) is 5.75 Å². The fourth-order valence-electron chi connectivity index (χ4n) is 3.37. The van der Waals surface area contributed by atoms with Crippen LogP contribution in [0.15, 0.2) is 5.38 Å². The van der Waals surface area contributed by atoms with Crippen LogP contribution in [-0.2, 0) is 22.1 Å². The maximum atomic E-state index is 11.3. The van der Waals surface area contributed by atoms with Crippen molar-refractivity contribution < 1.29 is 8.42 Å². The molecule has 0 saturated heterocycles. The van der Waals surface area contributed by atoms with Gasteiger partial charge in [-0.15, -0.1) is 11.3 Å². The van der Waals surface area contributed by atoms with Crippen LogP contribution >= 0.6 is 11.3 Å². The van der Waals surface area contributed by atoms with Crippen LogP contribution in [0, 0.1) is 11.3 Å². The molecule has 1 aromatic rings. The molecule has 2 atom stereocenters. The molecule has 0 radical (unpaired) electrons. The molecule has 1 heterocycles. The Balaban J connectivity index is 1.94. The molecule has 0 amide bonds. The molecule has 4 nitrogen and oxygen atoms in total. The Kier molecular flexibility index (Phi) is 5.67. The van der Waals surface area contributed by atoms with Gasteiger partial charge in [-0.1, -0.05) is 33.6 Å². The van der Waals surface area contributed by atoms with Crippen molar-refractivity contribution in [2.24, 2.45) is 11.3 Å². The average Bonchev–Trinajstić information content (AvgIpc) is 2.81. The first-order valence-corrected chi connectivity index (χ1v) is 10.9. The lowest BCUT2D eigenvalue weighted by Crippen LogP contribution is -2.43. The fourth-order valence-corrected chi connectivity index (χ4v) is 5.37. The highest BCUT2D eigenvalue weighted by atomic mass is 32.2. The maximum absolute atomic E-state index is 11.3. The summed E-state index contributed by atoms with van der Waals surface area (Å²) in [4.78, 5) is 4.44. The Morgan fingerprint density at radius 2 is 2.00 bits per heavy atom. The van der Waals surface area contributed by atoms with E-state index in [4.69, 9.17) is 0 Å².